The second-order valence-electron chi connectivity index (χ2n) is 5.62. The Kier molecular flexibility index (Phi) is 5.11. The van der Waals surface area contributed by atoms with Gasteiger partial charge >= 0.3 is 0 Å². The van der Waals surface area contributed by atoms with Crippen LogP contribution in [0.2, 0.25) is 0 Å². The fraction of sp³-hybridized carbons (Fsp3) is 1.00. The molecule has 16 heavy (non-hydrogen) atoms. The molecule has 0 amide bonds. The van der Waals surface area contributed by atoms with Crippen LogP contribution >= 0.6 is 0 Å². The van der Waals surface area contributed by atoms with E-state index in [1.165, 1.54) is 64.2 Å². The number of hydroxylamine groups is 1. The minimum atomic E-state index is 0.505. The SMILES string of the molecule is CCC1CCCC(NOC2CCCC2)CC1. The number of hydrogen-bond donors (Lipinski definition) is 1. The average Bonchev–Trinajstić information content (AvgIpc) is 2.72. The lowest BCUT2D eigenvalue weighted by molar-refractivity contribution is -0.0426. The summed E-state index contributed by atoms with van der Waals surface area (Å²) in [6, 6.07) is 0.622. The molecule has 0 radical (unpaired) electrons. The van der Waals surface area contributed by atoms with Crippen LogP contribution in [-0.4, -0.2) is 12.1 Å². The van der Waals surface area contributed by atoms with E-state index in [9.17, 15) is 0 Å². The first-order chi connectivity index (χ1) is 7.88. The molecule has 2 heteroatoms. The summed E-state index contributed by atoms with van der Waals surface area (Å²) in [4.78, 5) is 5.82. The van der Waals surface area contributed by atoms with Crippen LogP contribution in [0.4, 0.5) is 0 Å². The second kappa shape index (κ2) is 6.61. The summed E-state index contributed by atoms with van der Waals surface area (Å²) in [6.07, 6.45) is 13.9. The quantitative estimate of drug-likeness (QED) is 0.580. The zero-order valence-corrected chi connectivity index (χ0v) is 10.7. The van der Waals surface area contributed by atoms with E-state index in [-0.39, 0.29) is 0 Å². The number of hydrogen-bond acceptors (Lipinski definition) is 2. The molecule has 2 aliphatic carbocycles. The third-order valence-electron chi connectivity index (χ3n) is 4.37. The first kappa shape index (κ1) is 12.4. The molecular weight excluding hydrogens is 198 g/mol. The van der Waals surface area contributed by atoms with Crippen LogP contribution < -0.4 is 5.48 Å². The van der Waals surface area contributed by atoms with Crippen molar-refractivity contribution in [2.45, 2.75) is 83.3 Å². The molecule has 2 rings (SSSR count). The summed E-state index contributed by atoms with van der Waals surface area (Å²) >= 11 is 0. The van der Waals surface area contributed by atoms with E-state index in [4.69, 9.17) is 4.84 Å². The van der Waals surface area contributed by atoms with Crippen molar-refractivity contribution in [3.05, 3.63) is 0 Å². The van der Waals surface area contributed by atoms with E-state index in [2.05, 4.69) is 12.4 Å². The first-order valence-corrected chi connectivity index (χ1v) is 7.29. The molecule has 2 fully saturated rings. The maximum Gasteiger partial charge on any atom is 0.0790 e. The standard InChI is InChI=1S/C14H27NO/c1-2-12-6-5-7-13(11-10-12)15-16-14-8-3-4-9-14/h12-15H,2-11H2,1H3. The summed E-state index contributed by atoms with van der Waals surface area (Å²) in [5.41, 5.74) is 3.35. The van der Waals surface area contributed by atoms with Crippen LogP contribution in [-0.2, 0) is 4.84 Å². The molecule has 0 aliphatic heterocycles. The van der Waals surface area contributed by atoms with Crippen molar-refractivity contribution in [1.29, 1.82) is 0 Å². The summed E-state index contributed by atoms with van der Waals surface area (Å²) in [6.45, 7) is 2.33. The van der Waals surface area contributed by atoms with E-state index in [1.807, 2.05) is 0 Å². The van der Waals surface area contributed by atoms with E-state index in [1.54, 1.807) is 0 Å². The molecule has 0 aromatic heterocycles. The molecule has 0 spiro atoms. The van der Waals surface area contributed by atoms with Crippen molar-refractivity contribution in [3.63, 3.8) is 0 Å². The molecule has 0 heterocycles. The molecule has 0 aromatic carbocycles. The van der Waals surface area contributed by atoms with Gasteiger partial charge in [0.15, 0.2) is 0 Å². The Morgan fingerprint density at radius 3 is 2.50 bits per heavy atom. The maximum absolute atomic E-state index is 5.82. The molecule has 2 atom stereocenters. The van der Waals surface area contributed by atoms with Crippen LogP contribution in [0.15, 0.2) is 0 Å². The monoisotopic (exact) mass is 225 g/mol. The van der Waals surface area contributed by atoms with Gasteiger partial charge in [-0.25, -0.2) is 0 Å². The Balaban J connectivity index is 1.65. The normalized spacial score (nSPS) is 32.8. The smallest absolute Gasteiger partial charge is 0.0790 e. The number of nitrogens with one attached hydrogen (secondary N) is 1. The lowest BCUT2D eigenvalue weighted by atomic mass is 9.98. The van der Waals surface area contributed by atoms with E-state index in [0.29, 0.717) is 12.1 Å². The highest BCUT2D eigenvalue weighted by molar-refractivity contribution is 4.73. The average molecular weight is 225 g/mol. The van der Waals surface area contributed by atoms with Crippen LogP contribution in [0, 0.1) is 5.92 Å². The van der Waals surface area contributed by atoms with Gasteiger partial charge in [-0.1, -0.05) is 39.0 Å². The second-order valence-corrected chi connectivity index (χ2v) is 5.62. The van der Waals surface area contributed by atoms with E-state index < -0.39 is 0 Å². The Labute approximate surface area is 100 Å². The fourth-order valence-corrected chi connectivity index (χ4v) is 3.10. The molecule has 2 nitrogen and oxygen atoms in total. The van der Waals surface area contributed by atoms with Gasteiger partial charge in [-0.05, 0) is 38.0 Å². The van der Waals surface area contributed by atoms with Gasteiger partial charge in [-0.3, -0.25) is 4.84 Å². The number of rotatable bonds is 4. The summed E-state index contributed by atoms with van der Waals surface area (Å²) < 4.78 is 0. The summed E-state index contributed by atoms with van der Waals surface area (Å²) in [5, 5.41) is 0. The summed E-state index contributed by atoms with van der Waals surface area (Å²) in [5.74, 6) is 0.971. The van der Waals surface area contributed by atoms with Gasteiger partial charge in [-0.15, -0.1) is 0 Å². The van der Waals surface area contributed by atoms with Gasteiger partial charge in [0.1, 0.15) is 0 Å². The Morgan fingerprint density at radius 2 is 1.75 bits per heavy atom. The zero-order valence-electron chi connectivity index (χ0n) is 10.7. The van der Waals surface area contributed by atoms with Crippen molar-refractivity contribution < 1.29 is 4.84 Å². The predicted molar refractivity (Wildman–Crippen MR) is 67.1 cm³/mol. The summed E-state index contributed by atoms with van der Waals surface area (Å²) in [7, 11) is 0. The highest BCUT2D eigenvalue weighted by atomic mass is 16.7. The third kappa shape index (κ3) is 3.74. The molecule has 0 aromatic rings. The van der Waals surface area contributed by atoms with Crippen molar-refractivity contribution in [1.82, 2.24) is 5.48 Å². The maximum atomic E-state index is 5.82. The minimum absolute atomic E-state index is 0.505. The molecule has 94 valence electrons. The topological polar surface area (TPSA) is 21.3 Å². The molecule has 1 N–H and O–H groups in total. The van der Waals surface area contributed by atoms with E-state index >= 15 is 0 Å². The van der Waals surface area contributed by atoms with Gasteiger partial charge in [0.25, 0.3) is 0 Å². The van der Waals surface area contributed by atoms with Gasteiger partial charge in [0.2, 0.25) is 0 Å². The van der Waals surface area contributed by atoms with Gasteiger partial charge in [-0.2, -0.15) is 5.48 Å². The van der Waals surface area contributed by atoms with E-state index in [0.717, 1.165) is 5.92 Å². The third-order valence-corrected chi connectivity index (χ3v) is 4.37. The molecule has 0 saturated heterocycles. The van der Waals surface area contributed by atoms with Crippen molar-refractivity contribution in [3.8, 4) is 0 Å². The first-order valence-electron chi connectivity index (χ1n) is 7.29. The van der Waals surface area contributed by atoms with Crippen LogP contribution in [0.3, 0.4) is 0 Å². The van der Waals surface area contributed by atoms with Gasteiger partial charge < -0.3 is 0 Å². The highest BCUT2D eigenvalue weighted by Gasteiger charge is 2.20. The van der Waals surface area contributed by atoms with Crippen molar-refractivity contribution in [2.75, 3.05) is 0 Å². The molecule has 0 bridgehead atoms. The minimum Gasteiger partial charge on any atom is -0.298 e. The molecule has 2 unspecified atom stereocenters. The highest BCUT2D eigenvalue weighted by Crippen LogP contribution is 2.26. The lowest BCUT2D eigenvalue weighted by Crippen LogP contribution is -2.32. The van der Waals surface area contributed by atoms with Crippen LogP contribution in [0.5, 0.6) is 0 Å². The van der Waals surface area contributed by atoms with Crippen LogP contribution in [0.1, 0.15) is 71.1 Å². The largest absolute Gasteiger partial charge is 0.298 e. The predicted octanol–water partition coefficient (Wildman–Crippen LogP) is 3.81. The van der Waals surface area contributed by atoms with Gasteiger partial charge in [0, 0.05) is 6.04 Å². The Morgan fingerprint density at radius 1 is 0.938 bits per heavy atom. The fourth-order valence-electron chi connectivity index (χ4n) is 3.10. The molecule has 2 aliphatic rings. The molecular formula is C14H27NO. The lowest BCUT2D eigenvalue weighted by Gasteiger charge is -2.19. The van der Waals surface area contributed by atoms with Crippen LogP contribution in [0.25, 0.3) is 0 Å². The van der Waals surface area contributed by atoms with Crippen molar-refractivity contribution >= 4 is 0 Å². The Bertz CT molecular complexity index is 189. The van der Waals surface area contributed by atoms with Crippen molar-refractivity contribution in [2.24, 2.45) is 5.92 Å². The Hall–Kier alpha value is -0.0800. The van der Waals surface area contributed by atoms with Gasteiger partial charge in [0.05, 0.1) is 6.10 Å². The molecule has 2 saturated carbocycles. The zero-order chi connectivity index (χ0) is 11.2.